The average Bonchev–Trinajstić information content (AvgIpc) is 2.77. The van der Waals surface area contributed by atoms with Crippen LogP contribution in [0.5, 0.6) is 0 Å². The summed E-state index contributed by atoms with van der Waals surface area (Å²) in [6.07, 6.45) is 1.60. The van der Waals surface area contributed by atoms with Crippen LogP contribution >= 0.6 is 0 Å². The Morgan fingerprint density at radius 1 is 1.47 bits per heavy atom. The molecule has 15 heavy (non-hydrogen) atoms. The maximum absolute atomic E-state index is 11.2. The van der Waals surface area contributed by atoms with E-state index in [2.05, 4.69) is 15.2 Å². The second kappa shape index (κ2) is 3.69. The van der Waals surface area contributed by atoms with Gasteiger partial charge < -0.3 is 0 Å². The summed E-state index contributed by atoms with van der Waals surface area (Å²) in [5.41, 5.74) is 0. The van der Waals surface area contributed by atoms with Gasteiger partial charge in [-0.15, -0.1) is 10.2 Å². The number of sulfone groups is 1. The maximum atomic E-state index is 11.2. The Balaban J connectivity index is 2.11. The third kappa shape index (κ3) is 2.04. The molecule has 0 saturated carbocycles. The van der Waals surface area contributed by atoms with Crippen molar-refractivity contribution in [3.05, 3.63) is 0 Å². The van der Waals surface area contributed by atoms with E-state index in [1.165, 1.54) is 11.2 Å². The first-order valence-corrected chi connectivity index (χ1v) is 6.29. The SMILES string of the molecule is O=CN([C@H]1CCS(=O)(=O)C1)[C@@H]1N=CN=N1. The van der Waals surface area contributed by atoms with Crippen LogP contribution < -0.4 is 0 Å². The molecular weight excluding hydrogens is 220 g/mol. The van der Waals surface area contributed by atoms with Gasteiger partial charge in [0.1, 0.15) is 6.34 Å². The topological polar surface area (TPSA) is 91.5 Å². The second-order valence-electron chi connectivity index (χ2n) is 3.45. The first-order chi connectivity index (χ1) is 7.12. The third-order valence-corrected chi connectivity index (χ3v) is 4.19. The fourth-order valence-corrected chi connectivity index (χ4v) is 3.41. The Kier molecular flexibility index (Phi) is 2.51. The highest BCUT2D eigenvalue weighted by atomic mass is 32.2. The average molecular weight is 230 g/mol. The summed E-state index contributed by atoms with van der Waals surface area (Å²) in [7, 11) is -3.00. The van der Waals surface area contributed by atoms with Crippen LogP contribution in [0.25, 0.3) is 0 Å². The minimum atomic E-state index is -3.00. The fraction of sp³-hybridized carbons (Fsp3) is 0.714. The Morgan fingerprint density at radius 2 is 2.27 bits per heavy atom. The van der Waals surface area contributed by atoms with Gasteiger partial charge >= 0.3 is 0 Å². The summed E-state index contributed by atoms with van der Waals surface area (Å²) in [5, 5.41) is 7.23. The Hall–Kier alpha value is -1.31. The van der Waals surface area contributed by atoms with E-state index in [-0.39, 0.29) is 17.5 Å². The van der Waals surface area contributed by atoms with Gasteiger partial charge in [-0.25, -0.2) is 13.4 Å². The highest BCUT2D eigenvalue weighted by Crippen LogP contribution is 2.20. The van der Waals surface area contributed by atoms with Crippen LogP contribution in [-0.4, -0.2) is 49.9 Å². The van der Waals surface area contributed by atoms with Gasteiger partial charge in [0.25, 0.3) is 0 Å². The zero-order valence-electron chi connectivity index (χ0n) is 7.85. The molecule has 2 aliphatic heterocycles. The molecule has 0 aromatic heterocycles. The van der Waals surface area contributed by atoms with Crippen molar-refractivity contribution in [2.75, 3.05) is 11.5 Å². The molecule has 82 valence electrons. The molecule has 1 amide bonds. The number of nitrogens with zero attached hydrogens (tertiary/aromatic N) is 4. The van der Waals surface area contributed by atoms with E-state index in [9.17, 15) is 13.2 Å². The third-order valence-electron chi connectivity index (χ3n) is 2.44. The molecule has 0 radical (unpaired) electrons. The van der Waals surface area contributed by atoms with Gasteiger partial charge in [-0.3, -0.25) is 9.69 Å². The zero-order valence-corrected chi connectivity index (χ0v) is 8.67. The standard InChI is InChI=1S/C7H10N4O3S/c12-5-11(7-8-4-9-10-7)6-1-2-15(13,14)3-6/h4-7H,1-3H2/t6-,7+/m0/s1. The van der Waals surface area contributed by atoms with E-state index < -0.39 is 16.1 Å². The quantitative estimate of drug-likeness (QED) is 0.606. The molecule has 7 nitrogen and oxygen atoms in total. The lowest BCUT2D eigenvalue weighted by Crippen LogP contribution is -2.40. The summed E-state index contributed by atoms with van der Waals surface area (Å²) < 4.78 is 22.5. The highest BCUT2D eigenvalue weighted by Gasteiger charge is 2.35. The summed E-state index contributed by atoms with van der Waals surface area (Å²) in [4.78, 5) is 16.0. The van der Waals surface area contributed by atoms with Crippen LogP contribution in [0.1, 0.15) is 6.42 Å². The molecule has 2 rings (SSSR count). The van der Waals surface area contributed by atoms with E-state index in [1.54, 1.807) is 0 Å². The normalized spacial score (nSPS) is 32.0. The Morgan fingerprint density at radius 3 is 2.73 bits per heavy atom. The van der Waals surface area contributed by atoms with Crippen LogP contribution in [0, 0.1) is 0 Å². The molecule has 0 aliphatic carbocycles. The predicted molar refractivity (Wildman–Crippen MR) is 52.1 cm³/mol. The molecule has 2 atom stereocenters. The van der Waals surface area contributed by atoms with Crippen molar-refractivity contribution in [3.8, 4) is 0 Å². The first-order valence-electron chi connectivity index (χ1n) is 4.47. The number of carbonyl (C=O) groups excluding carboxylic acids is 1. The molecule has 1 saturated heterocycles. The lowest BCUT2D eigenvalue weighted by Gasteiger charge is -2.24. The van der Waals surface area contributed by atoms with Crippen molar-refractivity contribution in [2.24, 2.45) is 15.2 Å². The van der Waals surface area contributed by atoms with Gasteiger partial charge in [0.15, 0.2) is 9.84 Å². The molecule has 0 bridgehead atoms. The van der Waals surface area contributed by atoms with Crippen molar-refractivity contribution in [3.63, 3.8) is 0 Å². The van der Waals surface area contributed by atoms with Gasteiger partial charge in [-0.1, -0.05) is 0 Å². The Bertz CT molecular complexity index is 404. The number of azo groups is 1. The number of amides is 1. The monoisotopic (exact) mass is 230 g/mol. The number of aliphatic imine (C=N–C) groups is 1. The largest absolute Gasteiger partial charge is 0.299 e. The van der Waals surface area contributed by atoms with E-state index in [4.69, 9.17) is 0 Å². The van der Waals surface area contributed by atoms with Gasteiger partial charge in [0.05, 0.1) is 17.5 Å². The predicted octanol–water partition coefficient (Wildman–Crippen LogP) is -0.590. The molecule has 0 aromatic rings. The van der Waals surface area contributed by atoms with Gasteiger partial charge in [-0.2, -0.15) is 0 Å². The lowest BCUT2D eigenvalue weighted by atomic mass is 10.2. The molecule has 0 aromatic carbocycles. The number of hydrogen-bond donors (Lipinski definition) is 0. The molecule has 0 N–H and O–H groups in total. The zero-order chi connectivity index (χ0) is 10.9. The minimum Gasteiger partial charge on any atom is -0.299 e. The summed E-state index contributed by atoms with van der Waals surface area (Å²) in [6.45, 7) is 0. The van der Waals surface area contributed by atoms with Crippen LogP contribution in [-0.2, 0) is 14.6 Å². The fourth-order valence-electron chi connectivity index (χ4n) is 1.68. The number of carbonyl (C=O) groups is 1. The first kappa shape index (κ1) is 10.2. The van der Waals surface area contributed by atoms with Crippen molar-refractivity contribution >= 4 is 22.6 Å². The van der Waals surface area contributed by atoms with Crippen LogP contribution in [0.15, 0.2) is 15.2 Å². The molecule has 0 unspecified atom stereocenters. The van der Waals surface area contributed by atoms with Crippen molar-refractivity contribution in [1.82, 2.24) is 4.90 Å². The molecular formula is C7H10N4O3S. The van der Waals surface area contributed by atoms with Crippen molar-refractivity contribution < 1.29 is 13.2 Å². The van der Waals surface area contributed by atoms with Crippen LogP contribution in [0.2, 0.25) is 0 Å². The number of rotatable bonds is 3. The van der Waals surface area contributed by atoms with Crippen LogP contribution in [0.4, 0.5) is 0 Å². The maximum Gasteiger partial charge on any atom is 0.239 e. The highest BCUT2D eigenvalue weighted by molar-refractivity contribution is 7.91. The molecule has 0 spiro atoms. The van der Waals surface area contributed by atoms with Gasteiger partial charge in [0.2, 0.25) is 12.7 Å². The van der Waals surface area contributed by atoms with Crippen molar-refractivity contribution in [1.29, 1.82) is 0 Å². The molecule has 2 aliphatic rings. The summed E-state index contributed by atoms with van der Waals surface area (Å²) in [5.74, 6) is 0.114. The summed E-state index contributed by atoms with van der Waals surface area (Å²) >= 11 is 0. The van der Waals surface area contributed by atoms with Gasteiger partial charge in [-0.05, 0) is 6.42 Å². The molecule has 2 heterocycles. The van der Waals surface area contributed by atoms with E-state index in [0.717, 1.165) is 0 Å². The molecule has 8 heteroatoms. The smallest absolute Gasteiger partial charge is 0.239 e. The number of hydrogen-bond acceptors (Lipinski definition) is 6. The molecule has 1 fully saturated rings. The van der Waals surface area contributed by atoms with Crippen LogP contribution in [0.3, 0.4) is 0 Å². The summed E-state index contributed by atoms with van der Waals surface area (Å²) in [6, 6.07) is -0.327. The van der Waals surface area contributed by atoms with E-state index >= 15 is 0 Å². The second-order valence-corrected chi connectivity index (χ2v) is 5.68. The van der Waals surface area contributed by atoms with E-state index in [0.29, 0.717) is 12.8 Å². The van der Waals surface area contributed by atoms with Crippen molar-refractivity contribution in [2.45, 2.75) is 18.8 Å². The van der Waals surface area contributed by atoms with E-state index in [1.807, 2.05) is 0 Å². The lowest BCUT2D eigenvalue weighted by molar-refractivity contribution is -0.121. The minimum absolute atomic E-state index is 0.00667. The Labute approximate surface area is 86.8 Å². The van der Waals surface area contributed by atoms with Gasteiger partial charge in [0, 0.05) is 0 Å².